The van der Waals surface area contributed by atoms with Crippen LogP contribution in [-0.2, 0) is 5.31 Å². The Morgan fingerprint density at radius 1 is 0.733 bits per heavy atom. The Hall–Kier alpha value is -0.346. The Labute approximate surface area is 194 Å². The first-order valence-corrected chi connectivity index (χ1v) is 9.01. The van der Waals surface area contributed by atoms with Crippen LogP contribution in [0, 0.1) is 0 Å². The Morgan fingerprint density at radius 3 is 1.40 bits per heavy atom. The molecule has 1 aromatic carbocycles. The molecule has 0 bridgehead atoms. The van der Waals surface area contributed by atoms with Crippen molar-refractivity contribution in [2.75, 3.05) is 20.6 Å². The van der Waals surface area contributed by atoms with Gasteiger partial charge in [-0.1, -0.05) is 22.6 Å². The quantitative estimate of drug-likeness (QED) is 0.568. The summed E-state index contributed by atoms with van der Waals surface area (Å²) < 4.78 is 0. The third kappa shape index (κ3) is 2.81. The van der Waals surface area contributed by atoms with Crippen molar-refractivity contribution < 1.29 is 10.2 Å². The van der Waals surface area contributed by atoms with Crippen LogP contribution in [0.1, 0.15) is 5.56 Å². The molecule has 3 nitrogen and oxygen atoms in total. The maximum atomic E-state index is 12.2. The molecule has 22 radical (unpaired) electrons. The molecule has 1 fully saturated rings. The summed E-state index contributed by atoms with van der Waals surface area (Å²) in [7, 11) is 72.2. The maximum absolute atomic E-state index is 12.2. The zero-order valence-electron chi connectivity index (χ0n) is 17.2. The first kappa shape index (κ1) is 25.9. The highest BCUT2D eigenvalue weighted by Crippen LogP contribution is 2.83. The zero-order chi connectivity index (χ0) is 23.8. The van der Waals surface area contributed by atoms with E-state index in [0.29, 0.717) is 0 Å². The van der Waals surface area contributed by atoms with Crippen molar-refractivity contribution in [3.63, 3.8) is 0 Å². The normalized spacial score (nSPS) is 27.1. The van der Waals surface area contributed by atoms with Crippen LogP contribution in [0.5, 0.6) is 5.75 Å². The second kappa shape index (κ2) is 7.07. The smallest absolute Gasteiger partial charge is 0.115 e. The number of phenolic OH excluding ortho intramolecular Hbond substituents is 1. The number of rotatable bonds is 4. The minimum Gasteiger partial charge on any atom is -0.508 e. The van der Waals surface area contributed by atoms with Crippen LogP contribution in [-0.4, -0.2) is 128 Å². The fourth-order valence-electron chi connectivity index (χ4n) is 4.38. The molecular formula is C16H14B11NO2. The van der Waals surface area contributed by atoms with E-state index < -0.39 is 37.0 Å². The fraction of sp³-hybridized carbons (Fsp3) is 0.625. The van der Waals surface area contributed by atoms with Crippen LogP contribution >= 0.6 is 0 Å². The molecule has 2 rings (SSSR count). The lowest BCUT2D eigenvalue weighted by atomic mass is 8.98. The van der Waals surface area contributed by atoms with Gasteiger partial charge in [0, 0.05) is 12.1 Å². The lowest BCUT2D eigenvalue weighted by Gasteiger charge is -2.83. The Balaban J connectivity index is 3.01. The number of hydrogen-bond donors (Lipinski definition) is 2. The second-order valence-corrected chi connectivity index (χ2v) is 8.81. The summed E-state index contributed by atoms with van der Waals surface area (Å²) in [5.74, 6) is -0.0676. The van der Waals surface area contributed by atoms with Crippen LogP contribution < -0.4 is 0 Å². The highest BCUT2D eigenvalue weighted by Gasteiger charge is 2.74. The first-order chi connectivity index (χ1) is 13.2. The summed E-state index contributed by atoms with van der Waals surface area (Å²) >= 11 is 0. The summed E-state index contributed by atoms with van der Waals surface area (Å²) in [5, 5.41) is 7.06. The van der Waals surface area contributed by atoms with Crippen molar-refractivity contribution in [3.8, 4) is 5.75 Å². The van der Waals surface area contributed by atoms with Crippen LogP contribution in [0.2, 0.25) is 26.1 Å². The van der Waals surface area contributed by atoms with Crippen LogP contribution in [0.3, 0.4) is 0 Å². The standard InChI is InChI=1S/C16H14B11NO2/c1-28(2)7-10(17,8-3-5-9(29)6-4-8)11(30)12(18,19)14(22,23)16(26,27)15(24,25)13(11,20)21/h3-6,29-30H,7H2,1-2H3. The highest BCUT2D eigenvalue weighted by molar-refractivity contribution is 6.70. The van der Waals surface area contributed by atoms with Crippen LogP contribution in [0.25, 0.3) is 0 Å². The molecule has 0 heterocycles. The van der Waals surface area contributed by atoms with E-state index >= 15 is 0 Å². The molecule has 1 aromatic rings. The predicted molar refractivity (Wildman–Crippen MR) is 130 cm³/mol. The molecule has 0 aliphatic heterocycles. The number of aromatic hydroxyl groups is 1. The maximum Gasteiger partial charge on any atom is 0.115 e. The summed E-state index contributed by atoms with van der Waals surface area (Å²) in [6.45, 7) is -0.144. The average molecular weight is 371 g/mol. The predicted octanol–water partition coefficient (Wildman–Crippen LogP) is -2.67. The number of benzene rings is 1. The Morgan fingerprint density at radius 2 is 1.07 bits per heavy atom. The number of nitrogens with zero attached hydrogens (tertiary/aromatic N) is 1. The van der Waals surface area contributed by atoms with E-state index in [9.17, 15) is 10.2 Å². The molecular weight excluding hydrogens is 357 g/mol. The minimum absolute atomic E-state index is 0.0676. The molecule has 1 atom stereocenters. The van der Waals surface area contributed by atoms with E-state index in [-0.39, 0.29) is 17.9 Å². The Kier molecular flexibility index (Phi) is 6.11. The largest absolute Gasteiger partial charge is 0.508 e. The van der Waals surface area contributed by atoms with Gasteiger partial charge in [-0.25, -0.2) is 0 Å². The monoisotopic (exact) mass is 373 g/mol. The van der Waals surface area contributed by atoms with E-state index in [1.807, 2.05) is 0 Å². The second-order valence-electron chi connectivity index (χ2n) is 8.81. The van der Waals surface area contributed by atoms with Gasteiger partial charge in [0.05, 0.1) is 86.3 Å². The summed E-state index contributed by atoms with van der Waals surface area (Å²) in [6.07, 6.45) is 0. The van der Waals surface area contributed by atoms with Crippen molar-refractivity contribution in [2.45, 2.75) is 37.0 Å². The van der Waals surface area contributed by atoms with Gasteiger partial charge in [-0.3, -0.25) is 0 Å². The highest BCUT2D eigenvalue weighted by atomic mass is 16.3. The van der Waals surface area contributed by atoms with Crippen LogP contribution in [0.15, 0.2) is 24.3 Å². The van der Waals surface area contributed by atoms with Gasteiger partial charge >= 0.3 is 0 Å². The molecule has 1 aliphatic rings. The summed E-state index contributed by atoms with van der Waals surface area (Å²) in [5.41, 5.74) is -2.60. The van der Waals surface area contributed by atoms with Gasteiger partial charge in [0.2, 0.25) is 0 Å². The van der Waals surface area contributed by atoms with Crippen molar-refractivity contribution in [1.29, 1.82) is 0 Å². The van der Waals surface area contributed by atoms with Crippen molar-refractivity contribution in [2.24, 2.45) is 0 Å². The average Bonchev–Trinajstić information content (AvgIpc) is 2.58. The fourth-order valence-corrected chi connectivity index (χ4v) is 4.38. The van der Waals surface area contributed by atoms with Gasteiger partial charge in [-0.15, -0.1) is 15.6 Å². The zero-order valence-corrected chi connectivity index (χ0v) is 17.2. The van der Waals surface area contributed by atoms with Gasteiger partial charge in [0.1, 0.15) is 5.75 Å². The third-order valence-electron chi connectivity index (χ3n) is 6.53. The van der Waals surface area contributed by atoms with Gasteiger partial charge in [-0.2, -0.15) is 0 Å². The first-order valence-electron chi connectivity index (χ1n) is 9.01. The molecule has 0 saturated heterocycles. The molecule has 0 aromatic heterocycles. The molecule has 14 heteroatoms. The lowest BCUT2D eigenvalue weighted by molar-refractivity contribution is -0.0786. The molecule has 30 heavy (non-hydrogen) atoms. The van der Waals surface area contributed by atoms with E-state index in [1.165, 1.54) is 24.3 Å². The number of hydrogen-bond acceptors (Lipinski definition) is 3. The van der Waals surface area contributed by atoms with Gasteiger partial charge < -0.3 is 15.1 Å². The van der Waals surface area contributed by atoms with Crippen molar-refractivity contribution in [3.05, 3.63) is 29.8 Å². The third-order valence-corrected chi connectivity index (χ3v) is 6.53. The lowest BCUT2D eigenvalue weighted by Crippen LogP contribution is -2.79. The van der Waals surface area contributed by atoms with E-state index in [0.717, 1.165) is 0 Å². The number of phenols is 1. The van der Waals surface area contributed by atoms with Crippen molar-refractivity contribution in [1.82, 2.24) is 4.90 Å². The van der Waals surface area contributed by atoms with E-state index in [4.69, 9.17) is 86.3 Å². The van der Waals surface area contributed by atoms with Gasteiger partial charge in [0.25, 0.3) is 0 Å². The van der Waals surface area contributed by atoms with Crippen LogP contribution in [0.4, 0.5) is 0 Å². The molecule has 1 saturated carbocycles. The van der Waals surface area contributed by atoms with Gasteiger partial charge in [-0.05, 0) is 37.1 Å². The molecule has 2 N–H and O–H groups in total. The summed E-state index contributed by atoms with van der Waals surface area (Å²) in [4.78, 5) is 1.60. The SMILES string of the molecule is [B]C(CN(C)C)(c1ccc(O)cc1)C1(O)C([B])([B])C([B])([B])C([B])([B])C([B])([B])C1([B])[B]. The van der Waals surface area contributed by atoms with E-state index in [1.54, 1.807) is 19.0 Å². The molecule has 128 valence electrons. The molecule has 1 aliphatic carbocycles. The Bertz CT molecular complexity index is 780. The topological polar surface area (TPSA) is 43.7 Å². The molecule has 0 spiro atoms. The minimum atomic E-state index is -2.82. The van der Waals surface area contributed by atoms with E-state index in [2.05, 4.69) is 0 Å². The molecule has 0 amide bonds. The molecule has 1 unspecified atom stereocenters. The number of likely N-dealkylation sites (N-methyl/N-ethyl adjacent to an activating group) is 1. The summed E-state index contributed by atoms with van der Waals surface area (Å²) in [6, 6.07) is 5.49. The van der Waals surface area contributed by atoms with Gasteiger partial charge in [0.15, 0.2) is 0 Å². The number of aliphatic hydroxyl groups is 1. The van der Waals surface area contributed by atoms with Crippen molar-refractivity contribution >= 4 is 86.3 Å².